The van der Waals surface area contributed by atoms with E-state index in [2.05, 4.69) is 25.1 Å². The molecule has 3 rings (SSSR count). The van der Waals surface area contributed by atoms with Crippen molar-refractivity contribution in [2.45, 2.75) is 45.2 Å². The first-order chi connectivity index (χ1) is 9.99. The van der Waals surface area contributed by atoms with Gasteiger partial charge in [-0.05, 0) is 37.4 Å². The highest BCUT2D eigenvalue weighted by Gasteiger charge is 2.47. The number of piperidine rings is 1. The van der Waals surface area contributed by atoms with Gasteiger partial charge in [0.25, 0.3) is 5.92 Å². The van der Waals surface area contributed by atoms with E-state index in [9.17, 15) is 8.78 Å². The first-order valence-corrected chi connectivity index (χ1v) is 7.92. The summed E-state index contributed by atoms with van der Waals surface area (Å²) in [5.74, 6) is -2.60. The van der Waals surface area contributed by atoms with Crippen LogP contribution in [0, 0.1) is 6.92 Å². The van der Waals surface area contributed by atoms with Crippen molar-refractivity contribution in [1.29, 1.82) is 0 Å². The van der Waals surface area contributed by atoms with E-state index in [-0.39, 0.29) is 6.54 Å². The zero-order valence-electron chi connectivity index (χ0n) is 12.9. The van der Waals surface area contributed by atoms with Crippen LogP contribution in [0.5, 0.6) is 0 Å². The van der Waals surface area contributed by atoms with Gasteiger partial charge in [0, 0.05) is 19.6 Å². The van der Waals surface area contributed by atoms with Gasteiger partial charge in [-0.3, -0.25) is 9.80 Å². The molecule has 0 aliphatic carbocycles. The maximum atomic E-state index is 14.4. The fourth-order valence-corrected chi connectivity index (χ4v) is 3.69. The normalized spacial score (nSPS) is 26.6. The third kappa shape index (κ3) is 2.97. The Morgan fingerprint density at radius 2 is 2.05 bits per heavy atom. The number of halogens is 2. The van der Waals surface area contributed by atoms with Crippen LogP contribution in [0.15, 0.2) is 18.2 Å². The summed E-state index contributed by atoms with van der Waals surface area (Å²) in [6.45, 7) is 6.87. The predicted octanol–water partition coefficient (Wildman–Crippen LogP) is 3.08. The number of rotatable bonds is 2. The highest BCUT2D eigenvalue weighted by Crippen LogP contribution is 2.34. The summed E-state index contributed by atoms with van der Waals surface area (Å²) in [5, 5.41) is 0. The Hall–Kier alpha value is -1.00. The molecule has 21 heavy (non-hydrogen) atoms. The quantitative estimate of drug-likeness (QED) is 0.827. The molecule has 2 nitrogen and oxygen atoms in total. The third-order valence-electron chi connectivity index (χ3n) is 4.93. The largest absolute Gasteiger partial charge is 0.298 e. The van der Waals surface area contributed by atoms with Gasteiger partial charge < -0.3 is 0 Å². The molecule has 1 saturated heterocycles. The second-order valence-electron chi connectivity index (χ2n) is 6.43. The van der Waals surface area contributed by atoms with Crippen molar-refractivity contribution in [2.75, 3.05) is 26.2 Å². The average molecular weight is 294 g/mol. The Labute approximate surface area is 125 Å². The van der Waals surface area contributed by atoms with Crippen LogP contribution in [0.4, 0.5) is 8.78 Å². The smallest absolute Gasteiger partial charge is 0.275 e. The Bertz CT molecular complexity index is 516. The summed E-state index contributed by atoms with van der Waals surface area (Å²) in [5.41, 5.74) is 3.81. The van der Waals surface area contributed by atoms with Gasteiger partial charge in [0.2, 0.25) is 0 Å². The number of hydrogen-bond acceptors (Lipinski definition) is 2. The molecule has 1 aromatic rings. The molecule has 0 spiro atoms. The van der Waals surface area contributed by atoms with Gasteiger partial charge in [-0.25, -0.2) is 8.78 Å². The lowest BCUT2D eigenvalue weighted by molar-refractivity contribution is -0.129. The van der Waals surface area contributed by atoms with Crippen LogP contribution in [0.1, 0.15) is 30.0 Å². The summed E-state index contributed by atoms with van der Waals surface area (Å²) < 4.78 is 28.9. The maximum absolute atomic E-state index is 14.4. The molecule has 2 aliphatic rings. The van der Waals surface area contributed by atoms with Gasteiger partial charge in [-0.1, -0.05) is 30.7 Å². The molecule has 1 fully saturated rings. The summed E-state index contributed by atoms with van der Waals surface area (Å²) in [4.78, 5) is 3.86. The Morgan fingerprint density at radius 1 is 1.24 bits per heavy atom. The number of aryl methyl sites for hydroxylation is 1. The highest BCUT2D eigenvalue weighted by atomic mass is 19.3. The van der Waals surface area contributed by atoms with Gasteiger partial charge in [-0.2, -0.15) is 0 Å². The Morgan fingerprint density at radius 3 is 2.76 bits per heavy atom. The van der Waals surface area contributed by atoms with E-state index in [1.807, 2.05) is 16.7 Å². The number of hydrogen-bond donors (Lipinski definition) is 0. The average Bonchev–Trinajstić information content (AvgIpc) is 2.45. The second-order valence-corrected chi connectivity index (χ2v) is 6.43. The van der Waals surface area contributed by atoms with E-state index in [4.69, 9.17) is 0 Å². The number of nitrogens with zero attached hydrogens (tertiary/aromatic N) is 2. The van der Waals surface area contributed by atoms with Gasteiger partial charge in [0.05, 0.1) is 12.6 Å². The van der Waals surface area contributed by atoms with E-state index >= 15 is 0 Å². The lowest BCUT2D eigenvalue weighted by Crippen LogP contribution is -2.58. The molecule has 0 amide bonds. The van der Waals surface area contributed by atoms with Gasteiger partial charge in [0.15, 0.2) is 0 Å². The van der Waals surface area contributed by atoms with Gasteiger partial charge in [0.1, 0.15) is 0 Å². The number of likely N-dealkylation sites (tertiary alicyclic amines) is 1. The summed E-state index contributed by atoms with van der Waals surface area (Å²) in [7, 11) is 0. The summed E-state index contributed by atoms with van der Waals surface area (Å²) in [6, 6.07) is 5.79. The number of benzene rings is 1. The molecule has 0 radical (unpaired) electrons. The van der Waals surface area contributed by atoms with Crippen molar-refractivity contribution < 1.29 is 8.78 Å². The molecule has 4 heteroatoms. The minimum atomic E-state index is -2.60. The molecule has 1 atom stereocenters. The topological polar surface area (TPSA) is 6.48 Å². The third-order valence-corrected chi connectivity index (χ3v) is 4.93. The summed E-state index contributed by atoms with van der Waals surface area (Å²) >= 11 is 0. The molecule has 0 aromatic heterocycles. The fraction of sp³-hybridized carbons (Fsp3) is 0.647. The first-order valence-electron chi connectivity index (χ1n) is 7.92. The van der Waals surface area contributed by atoms with E-state index < -0.39 is 12.0 Å². The zero-order chi connectivity index (χ0) is 15.0. The number of alkyl halides is 2. The van der Waals surface area contributed by atoms with E-state index in [1.54, 1.807) is 0 Å². The molecular weight excluding hydrogens is 270 g/mol. The molecule has 0 saturated carbocycles. The van der Waals surface area contributed by atoms with E-state index in [1.165, 1.54) is 16.7 Å². The minimum Gasteiger partial charge on any atom is -0.298 e. The molecule has 116 valence electrons. The van der Waals surface area contributed by atoms with Crippen LogP contribution in [-0.2, 0) is 13.0 Å². The fourth-order valence-electron chi connectivity index (χ4n) is 3.69. The van der Waals surface area contributed by atoms with Crippen LogP contribution in [0.2, 0.25) is 0 Å². The van der Waals surface area contributed by atoms with Crippen molar-refractivity contribution in [1.82, 2.24) is 9.80 Å². The monoisotopic (exact) mass is 294 g/mol. The van der Waals surface area contributed by atoms with Crippen molar-refractivity contribution >= 4 is 0 Å². The molecule has 2 aliphatic heterocycles. The van der Waals surface area contributed by atoms with Crippen LogP contribution < -0.4 is 0 Å². The van der Waals surface area contributed by atoms with Crippen molar-refractivity contribution in [3.63, 3.8) is 0 Å². The zero-order valence-corrected chi connectivity index (χ0v) is 12.9. The van der Waals surface area contributed by atoms with E-state index in [0.29, 0.717) is 19.5 Å². The molecule has 1 unspecified atom stereocenters. The predicted molar refractivity (Wildman–Crippen MR) is 80.8 cm³/mol. The molecular formula is C17H24F2N2. The van der Waals surface area contributed by atoms with Crippen LogP contribution in [0.25, 0.3) is 0 Å². The molecule has 0 N–H and O–H groups in total. The lowest BCUT2D eigenvalue weighted by atomic mass is 9.92. The van der Waals surface area contributed by atoms with Crippen molar-refractivity contribution in [3.8, 4) is 0 Å². The van der Waals surface area contributed by atoms with Crippen LogP contribution >= 0.6 is 0 Å². The van der Waals surface area contributed by atoms with Crippen LogP contribution in [0.3, 0.4) is 0 Å². The Balaban J connectivity index is 1.75. The standard InChI is InChI=1S/C17H24F2N2/c1-3-20-8-7-16(17(18,19)12-20)21-9-6-14-10-13(2)4-5-15(14)11-21/h4-5,10,16H,3,6-9,11-12H2,1-2H3. The van der Waals surface area contributed by atoms with Gasteiger partial charge >= 0.3 is 0 Å². The second kappa shape index (κ2) is 5.65. The highest BCUT2D eigenvalue weighted by molar-refractivity contribution is 5.33. The number of fused-ring (bicyclic) bond motifs is 1. The molecule has 1 aromatic carbocycles. The first kappa shape index (κ1) is 14.9. The minimum absolute atomic E-state index is 0.0918. The summed E-state index contributed by atoms with van der Waals surface area (Å²) in [6.07, 6.45) is 1.46. The SMILES string of the molecule is CCN1CCC(N2CCc3cc(C)ccc3C2)C(F)(F)C1. The molecule has 2 heterocycles. The molecule has 0 bridgehead atoms. The van der Waals surface area contributed by atoms with E-state index in [0.717, 1.165) is 19.5 Å². The maximum Gasteiger partial charge on any atom is 0.275 e. The van der Waals surface area contributed by atoms with Crippen molar-refractivity contribution in [3.05, 3.63) is 34.9 Å². The Kier molecular flexibility index (Phi) is 4.02. The van der Waals surface area contributed by atoms with Gasteiger partial charge in [-0.15, -0.1) is 0 Å². The van der Waals surface area contributed by atoms with Crippen molar-refractivity contribution in [2.24, 2.45) is 0 Å². The van der Waals surface area contributed by atoms with Crippen LogP contribution in [-0.4, -0.2) is 47.9 Å². The lowest BCUT2D eigenvalue weighted by Gasteiger charge is -2.45.